The Labute approximate surface area is 180 Å². The number of aryl methyl sites for hydroxylation is 1. The van der Waals surface area contributed by atoms with Crippen molar-refractivity contribution in [1.82, 2.24) is 9.97 Å². The molecule has 2 aromatic rings. The maximum absolute atomic E-state index is 9.86. The molecular weight excluding hydrogens is 404 g/mol. The third kappa shape index (κ3) is 4.31. The van der Waals surface area contributed by atoms with Crippen LogP contribution in [0, 0.1) is 12.8 Å². The number of aliphatic hydroxyl groups excluding tert-OH is 2. The smallest absolute Gasteiger partial charge is 0.224 e. The van der Waals surface area contributed by atoms with Gasteiger partial charge in [-0.15, -0.1) is 11.3 Å². The van der Waals surface area contributed by atoms with Crippen molar-refractivity contribution in [2.45, 2.75) is 57.6 Å². The van der Waals surface area contributed by atoms with Gasteiger partial charge in [0.2, 0.25) is 5.95 Å². The Morgan fingerprint density at radius 1 is 1.23 bits per heavy atom. The molecule has 8 nitrogen and oxygen atoms in total. The molecule has 0 bridgehead atoms. The SMILES string of the molecule is Cc1nc(NCCCO)nc(N[C@@H]2C[C@H](CO)[C@H]3OC(C)(C)O[C@H]32)c1-c1cccs1. The second-order valence-corrected chi connectivity index (χ2v) is 9.28. The molecule has 0 amide bonds. The number of fused-ring (bicyclic) bond motifs is 1. The summed E-state index contributed by atoms with van der Waals surface area (Å²) in [5.74, 6) is 0.621. The summed E-state index contributed by atoms with van der Waals surface area (Å²) in [6, 6.07) is 4.04. The van der Waals surface area contributed by atoms with E-state index in [2.05, 4.69) is 21.7 Å². The van der Waals surface area contributed by atoms with Crippen LogP contribution in [-0.2, 0) is 9.47 Å². The summed E-state index contributed by atoms with van der Waals surface area (Å²) in [4.78, 5) is 10.5. The molecule has 0 unspecified atom stereocenters. The number of aliphatic hydroxyl groups is 2. The van der Waals surface area contributed by atoms with Gasteiger partial charge in [0, 0.05) is 30.6 Å². The largest absolute Gasteiger partial charge is 0.396 e. The van der Waals surface area contributed by atoms with Crippen LogP contribution in [0.2, 0.25) is 0 Å². The molecule has 1 saturated carbocycles. The van der Waals surface area contributed by atoms with E-state index in [1.807, 2.05) is 32.2 Å². The van der Waals surface area contributed by atoms with Gasteiger partial charge in [0.05, 0.1) is 23.4 Å². The maximum atomic E-state index is 9.86. The molecule has 2 aromatic heterocycles. The Hall–Kier alpha value is -1.78. The van der Waals surface area contributed by atoms with E-state index in [4.69, 9.17) is 19.6 Å². The number of hydrogen-bond acceptors (Lipinski definition) is 9. The van der Waals surface area contributed by atoms with Crippen molar-refractivity contribution in [2.75, 3.05) is 30.4 Å². The zero-order valence-electron chi connectivity index (χ0n) is 17.6. The lowest BCUT2D eigenvalue weighted by Crippen LogP contribution is -2.35. The molecule has 4 atom stereocenters. The van der Waals surface area contributed by atoms with Crippen LogP contribution < -0.4 is 10.6 Å². The molecule has 164 valence electrons. The third-order valence-electron chi connectivity index (χ3n) is 5.61. The van der Waals surface area contributed by atoms with Crippen LogP contribution in [0.1, 0.15) is 32.4 Å². The van der Waals surface area contributed by atoms with Crippen molar-refractivity contribution < 1.29 is 19.7 Å². The highest BCUT2D eigenvalue weighted by molar-refractivity contribution is 7.13. The van der Waals surface area contributed by atoms with Crippen molar-refractivity contribution in [3.05, 3.63) is 23.2 Å². The van der Waals surface area contributed by atoms with Gasteiger partial charge in [-0.2, -0.15) is 4.98 Å². The predicted octanol–water partition coefficient (Wildman–Crippen LogP) is 2.62. The summed E-state index contributed by atoms with van der Waals surface area (Å²) in [6.45, 7) is 6.57. The molecule has 9 heteroatoms. The van der Waals surface area contributed by atoms with Crippen LogP contribution in [0.4, 0.5) is 11.8 Å². The molecule has 1 aliphatic heterocycles. The molecule has 30 heavy (non-hydrogen) atoms. The monoisotopic (exact) mass is 434 g/mol. The lowest BCUT2D eigenvalue weighted by Gasteiger charge is -2.25. The Kier molecular flexibility index (Phi) is 6.26. The summed E-state index contributed by atoms with van der Waals surface area (Å²) in [6.07, 6.45) is 1.07. The van der Waals surface area contributed by atoms with Gasteiger partial charge in [0.25, 0.3) is 0 Å². The highest BCUT2D eigenvalue weighted by Gasteiger charge is 2.54. The topological polar surface area (TPSA) is 109 Å². The standard InChI is InChI=1S/C21H30N4O4S/c1-12-16(15-6-4-9-30-15)19(25-20(23-12)22-7-5-8-26)24-14-10-13(11-27)17-18(14)29-21(2,3)28-17/h4,6,9,13-14,17-18,26-27H,5,7-8,10-11H2,1-3H3,(H2,22,23,24,25)/t13-,14-,17-,18+/m1/s1. The van der Waals surface area contributed by atoms with Crippen LogP contribution in [0.15, 0.2) is 17.5 Å². The van der Waals surface area contributed by atoms with Gasteiger partial charge in [-0.05, 0) is 45.1 Å². The van der Waals surface area contributed by atoms with Crippen LogP contribution >= 0.6 is 11.3 Å². The predicted molar refractivity (Wildman–Crippen MR) is 117 cm³/mol. The Morgan fingerprint density at radius 2 is 2.03 bits per heavy atom. The van der Waals surface area contributed by atoms with Gasteiger partial charge in [-0.1, -0.05) is 6.07 Å². The fourth-order valence-corrected chi connectivity index (χ4v) is 5.16. The molecule has 2 aliphatic rings. The molecule has 1 saturated heterocycles. The van der Waals surface area contributed by atoms with Gasteiger partial charge in [-0.3, -0.25) is 0 Å². The highest BCUT2D eigenvalue weighted by Crippen LogP contribution is 2.43. The molecule has 0 spiro atoms. The first-order valence-corrected chi connectivity index (χ1v) is 11.3. The average Bonchev–Trinajstić information content (AvgIpc) is 3.38. The molecule has 4 rings (SSSR count). The summed E-state index contributed by atoms with van der Waals surface area (Å²) >= 11 is 1.64. The number of nitrogens with zero attached hydrogens (tertiary/aromatic N) is 2. The van der Waals surface area contributed by atoms with Gasteiger partial charge in [0.1, 0.15) is 11.9 Å². The van der Waals surface area contributed by atoms with E-state index in [0.717, 1.165) is 28.4 Å². The van der Waals surface area contributed by atoms with Crippen molar-refractivity contribution in [1.29, 1.82) is 0 Å². The number of aromatic nitrogens is 2. The van der Waals surface area contributed by atoms with E-state index < -0.39 is 5.79 Å². The first-order chi connectivity index (χ1) is 14.4. The lowest BCUT2D eigenvalue weighted by molar-refractivity contribution is -0.158. The first kappa shape index (κ1) is 21.5. The fourth-order valence-electron chi connectivity index (χ4n) is 4.33. The first-order valence-electron chi connectivity index (χ1n) is 10.4. The van der Waals surface area contributed by atoms with E-state index in [9.17, 15) is 5.11 Å². The van der Waals surface area contributed by atoms with E-state index in [1.165, 1.54) is 0 Å². The molecule has 3 heterocycles. The van der Waals surface area contributed by atoms with Crippen molar-refractivity contribution >= 4 is 23.1 Å². The molecular formula is C21H30N4O4S. The van der Waals surface area contributed by atoms with Gasteiger partial charge in [-0.25, -0.2) is 4.98 Å². The normalized spacial score (nSPS) is 27.2. The number of hydrogen-bond donors (Lipinski definition) is 4. The van der Waals surface area contributed by atoms with Crippen LogP contribution in [-0.4, -0.2) is 64.0 Å². The average molecular weight is 435 g/mol. The van der Waals surface area contributed by atoms with Gasteiger partial charge in [0.15, 0.2) is 5.79 Å². The number of nitrogens with one attached hydrogen (secondary N) is 2. The Bertz CT molecular complexity index is 861. The summed E-state index contributed by atoms with van der Waals surface area (Å²) in [7, 11) is 0. The summed E-state index contributed by atoms with van der Waals surface area (Å²) in [5, 5.41) is 27.7. The second-order valence-electron chi connectivity index (χ2n) is 8.33. The molecule has 1 aliphatic carbocycles. The number of anilines is 2. The minimum atomic E-state index is -0.668. The zero-order valence-corrected chi connectivity index (χ0v) is 18.4. The number of rotatable bonds is 8. The highest BCUT2D eigenvalue weighted by atomic mass is 32.1. The molecule has 0 aromatic carbocycles. The van der Waals surface area contributed by atoms with Gasteiger partial charge >= 0.3 is 0 Å². The van der Waals surface area contributed by atoms with E-state index in [1.54, 1.807) is 11.3 Å². The number of thiophene rings is 1. The van der Waals surface area contributed by atoms with Crippen molar-refractivity contribution in [3.63, 3.8) is 0 Å². The lowest BCUT2D eigenvalue weighted by atomic mass is 10.1. The van der Waals surface area contributed by atoms with E-state index in [-0.39, 0.29) is 37.4 Å². The van der Waals surface area contributed by atoms with E-state index in [0.29, 0.717) is 18.9 Å². The fraction of sp³-hybridized carbons (Fsp3) is 0.619. The van der Waals surface area contributed by atoms with Crippen LogP contribution in [0.25, 0.3) is 10.4 Å². The summed E-state index contributed by atoms with van der Waals surface area (Å²) < 4.78 is 12.3. The van der Waals surface area contributed by atoms with Crippen LogP contribution in [0.3, 0.4) is 0 Å². The number of ether oxygens (including phenoxy) is 2. The minimum absolute atomic E-state index is 0.0181. The Morgan fingerprint density at radius 3 is 2.73 bits per heavy atom. The minimum Gasteiger partial charge on any atom is -0.396 e. The summed E-state index contributed by atoms with van der Waals surface area (Å²) in [5.41, 5.74) is 1.85. The zero-order chi connectivity index (χ0) is 21.3. The third-order valence-corrected chi connectivity index (χ3v) is 6.50. The molecule has 0 radical (unpaired) electrons. The molecule has 2 fully saturated rings. The van der Waals surface area contributed by atoms with Gasteiger partial charge < -0.3 is 30.3 Å². The second kappa shape index (κ2) is 8.76. The Balaban J connectivity index is 1.65. The molecule has 4 N–H and O–H groups in total. The van der Waals surface area contributed by atoms with Crippen LogP contribution in [0.5, 0.6) is 0 Å². The maximum Gasteiger partial charge on any atom is 0.224 e. The van der Waals surface area contributed by atoms with E-state index >= 15 is 0 Å². The van der Waals surface area contributed by atoms with Crippen molar-refractivity contribution in [2.24, 2.45) is 5.92 Å². The quantitative estimate of drug-likeness (QED) is 0.470. The van der Waals surface area contributed by atoms with Crippen molar-refractivity contribution in [3.8, 4) is 10.4 Å².